The summed E-state index contributed by atoms with van der Waals surface area (Å²) in [6.45, 7) is 1.62. The average Bonchev–Trinajstić information content (AvgIpc) is 3.70. The van der Waals surface area contributed by atoms with Crippen LogP contribution in [0.5, 0.6) is 5.75 Å². The van der Waals surface area contributed by atoms with Crippen LogP contribution in [-0.2, 0) is 24.3 Å². The zero-order chi connectivity index (χ0) is 27.1. The second-order valence-electron chi connectivity index (χ2n) is 9.75. The smallest absolute Gasteiger partial charge is 0.338 e. The van der Waals surface area contributed by atoms with E-state index in [2.05, 4.69) is 10.1 Å². The van der Waals surface area contributed by atoms with Gasteiger partial charge in [-0.05, 0) is 60.7 Å². The van der Waals surface area contributed by atoms with Crippen LogP contribution < -0.4 is 9.64 Å². The highest BCUT2D eigenvalue weighted by atomic mass is 35.5. The van der Waals surface area contributed by atoms with Crippen LogP contribution in [0.2, 0.25) is 15.1 Å². The summed E-state index contributed by atoms with van der Waals surface area (Å²) in [6, 6.07) is 16.8. The second kappa shape index (κ2) is 10.8. The number of halogens is 3. The number of nitrogens with zero attached hydrogens (tertiary/aromatic N) is 2. The molecular formula is C30H25Cl3N2O4. The van der Waals surface area contributed by atoms with Gasteiger partial charge in [0, 0.05) is 30.6 Å². The maximum Gasteiger partial charge on any atom is 0.338 e. The van der Waals surface area contributed by atoms with Crippen LogP contribution in [-0.4, -0.2) is 24.8 Å². The lowest BCUT2D eigenvalue weighted by molar-refractivity contribution is 0.0599. The molecule has 1 aliphatic heterocycles. The third-order valence-corrected chi connectivity index (χ3v) is 8.21. The van der Waals surface area contributed by atoms with E-state index in [4.69, 9.17) is 48.8 Å². The highest BCUT2D eigenvalue weighted by Gasteiger charge is 2.34. The van der Waals surface area contributed by atoms with E-state index in [-0.39, 0.29) is 12.6 Å². The summed E-state index contributed by atoms with van der Waals surface area (Å²) < 4.78 is 16.9. The van der Waals surface area contributed by atoms with Gasteiger partial charge in [-0.1, -0.05) is 58.2 Å². The van der Waals surface area contributed by atoms with Gasteiger partial charge in [0.05, 0.1) is 39.0 Å². The van der Waals surface area contributed by atoms with Gasteiger partial charge in [-0.2, -0.15) is 0 Å². The Balaban J connectivity index is 1.22. The molecule has 1 saturated carbocycles. The summed E-state index contributed by atoms with van der Waals surface area (Å²) in [5, 5.41) is 5.93. The van der Waals surface area contributed by atoms with Gasteiger partial charge in [0.15, 0.2) is 0 Å². The van der Waals surface area contributed by atoms with E-state index in [1.54, 1.807) is 18.2 Å². The predicted molar refractivity (Wildman–Crippen MR) is 152 cm³/mol. The first kappa shape index (κ1) is 26.1. The Morgan fingerprint density at radius 1 is 1.05 bits per heavy atom. The molecule has 6 nitrogen and oxygen atoms in total. The van der Waals surface area contributed by atoms with Gasteiger partial charge in [0.1, 0.15) is 23.8 Å². The Hall–Kier alpha value is -3.19. The normalized spacial score (nSPS) is 14.7. The molecule has 2 heterocycles. The fourth-order valence-corrected chi connectivity index (χ4v) is 6.02. The minimum absolute atomic E-state index is 0.245. The largest absolute Gasteiger partial charge is 0.489 e. The highest BCUT2D eigenvalue weighted by molar-refractivity contribution is 6.39. The summed E-state index contributed by atoms with van der Waals surface area (Å²) in [5.74, 6) is 1.48. The zero-order valence-corrected chi connectivity index (χ0v) is 23.4. The maximum atomic E-state index is 12.2. The number of hydrogen-bond acceptors (Lipinski definition) is 6. The number of carbonyl (C=O) groups is 1. The van der Waals surface area contributed by atoms with Crippen molar-refractivity contribution in [3.63, 3.8) is 0 Å². The molecule has 4 aromatic rings. The number of esters is 1. The van der Waals surface area contributed by atoms with Crippen molar-refractivity contribution in [2.45, 2.75) is 38.3 Å². The van der Waals surface area contributed by atoms with Crippen LogP contribution in [0.15, 0.2) is 59.1 Å². The molecular weight excluding hydrogens is 559 g/mol. The molecule has 2 aliphatic rings. The first-order valence-electron chi connectivity index (χ1n) is 12.7. The molecule has 6 rings (SSSR count). The SMILES string of the molecule is COC(=O)c1cccc2c1CCN(c1ccc(OCc3c(-c4c(Cl)cccc4Cl)noc3C3CC3)cc1Cl)C2. The molecule has 1 aromatic heterocycles. The summed E-state index contributed by atoms with van der Waals surface area (Å²) in [7, 11) is 1.41. The van der Waals surface area contributed by atoms with Gasteiger partial charge in [0.2, 0.25) is 0 Å². The van der Waals surface area contributed by atoms with Crippen molar-refractivity contribution in [1.82, 2.24) is 5.16 Å². The molecule has 1 fully saturated rings. The number of ether oxygens (including phenoxy) is 2. The molecule has 0 radical (unpaired) electrons. The van der Waals surface area contributed by atoms with Crippen molar-refractivity contribution in [1.29, 1.82) is 0 Å². The molecule has 0 unspecified atom stereocenters. The number of anilines is 1. The lowest BCUT2D eigenvalue weighted by Gasteiger charge is -2.32. The lowest BCUT2D eigenvalue weighted by Crippen LogP contribution is -2.31. The van der Waals surface area contributed by atoms with Crippen LogP contribution in [0.3, 0.4) is 0 Å². The van der Waals surface area contributed by atoms with E-state index in [1.165, 1.54) is 7.11 Å². The Morgan fingerprint density at radius 3 is 2.54 bits per heavy atom. The molecule has 0 atom stereocenters. The Kier molecular flexibility index (Phi) is 7.19. The third-order valence-electron chi connectivity index (χ3n) is 7.28. The number of aromatic nitrogens is 1. The third kappa shape index (κ3) is 5.09. The summed E-state index contributed by atoms with van der Waals surface area (Å²) in [4.78, 5) is 14.4. The lowest BCUT2D eigenvalue weighted by atomic mass is 9.94. The van der Waals surface area contributed by atoms with Crippen LogP contribution in [0.1, 0.15) is 51.6 Å². The average molecular weight is 584 g/mol. The van der Waals surface area contributed by atoms with Crippen LogP contribution in [0.4, 0.5) is 5.69 Å². The molecule has 0 bridgehead atoms. The number of hydrogen-bond donors (Lipinski definition) is 0. The topological polar surface area (TPSA) is 64.8 Å². The van der Waals surface area contributed by atoms with Gasteiger partial charge >= 0.3 is 5.97 Å². The van der Waals surface area contributed by atoms with Crippen molar-refractivity contribution in [3.05, 3.63) is 97.7 Å². The van der Waals surface area contributed by atoms with Crippen molar-refractivity contribution in [2.24, 2.45) is 0 Å². The van der Waals surface area contributed by atoms with E-state index in [0.717, 1.165) is 53.9 Å². The minimum Gasteiger partial charge on any atom is -0.489 e. The second-order valence-corrected chi connectivity index (χ2v) is 11.0. The maximum absolute atomic E-state index is 12.2. The van der Waals surface area contributed by atoms with Crippen LogP contribution in [0, 0.1) is 0 Å². The van der Waals surface area contributed by atoms with E-state index < -0.39 is 0 Å². The predicted octanol–water partition coefficient (Wildman–Crippen LogP) is 8.11. The summed E-state index contributed by atoms with van der Waals surface area (Å²) in [6.07, 6.45) is 2.83. The van der Waals surface area contributed by atoms with E-state index in [1.807, 2.05) is 36.4 Å². The molecule has 39 heavy (non-hydrogen) atoms. The molecule has 1 aliphatic carbocycles. The first-order valence-corrected chi connectivity index (χ1v) is 13.9. The Morgan fingerprint density at radius 2 is 1.82 bits per heavy atom. The quantitative estimate of drug-likeness (QED) is 0.205. The number of fused-ring (bicyclic) bond motifs is 1. The molecule has 0 N–H and O–H groups in total. The number of benzene rings is 3. The standard InChI is InChI=1S/C30H25Cl3N2O4/c1-37-30(36)21-5-2-4-18-15-35(13-12-20(18)21)26-11-10-19(14-25(26)33)38-16-22-28(34-39-29(22)17-8-9-17)27-23(31)6-3-7-24(27)32/h2-7,10-11,14,17H,8-9,12-13,15-16H2,1H3. The number of rotatable bonds is 7. The van der Waals surface area contributed by atoms with E-state index in [0.29, 0.717) is 50.1 Å². The van der Waals surface area contributed by atoms with Gasteiger partial charge in [0.25, 0.3) is 0 Å². The van der Waals surface area contributed by atoms with Gasteiger partial charge < -0.3 is 18.9 Å². The molecule has 3 aromatic carbocycles. The molecule has 200 valence electrons. The zero-order valence-electron chi connectivity index (χ0n) is 21.2. The van der Waals surface area contributed by atoms with E-state index >= 15 is 0 Å². The number of carbonyl (C=O) groups excluding carboxylic acids is 1. The highest BCUT2D eigenvalue weighted by Crippen LogP contribution is 2.46. The molecule has 0 spiro atoms. The molecule has 0 amide bonds. The van der Waals surface area contributed by atoms with Crippen molar-refractivity contribution in [2.75, 3.05) is 18.6 Å². The summed E-state index contributed by atoms with van der Waals surface area (Å²) in [5.41, 5.74) is 5.75. The monoisotopic (exact) mass is 582 g/mol. The number of methoxy groups -OCH3 is 1. The minimum atomic E-state index is -0.308. The van der Waals surface area contributed by atoms with E-state index in [9.17, 15) is 4.79 Å². The summed E-state index contributed by atoms with van der Waals surface area (Å²) >= 11 is 19.7. The van der Waals surface area contributed by atoms with Crippen LogP contribution in [0.25, 0.3) is 11.3 Å². The molecule has 9 heteroatoms. The van der Waals surface area contributed by atoms with Gasteiger partial charge in [-0.3, -0.25) is 0 Å². The van der Waals surface area contributed by atoms with Crippen molar-refractivity contribution >= 4 is 46.5 Å². The Bertz CT molecular complexity index is 1540. The first-order chi connectivity index (χ1) is 18.9. The van der Waals surface area contributed by atoms with Crippen LogP contribution >= 0.6 is 34.8 Å². The fourth-order valence-electron chi connectivity index (χ4n) is 5.15. The fraction of sp³-hybridized carbons (Fsp3) is 0.267. The van der Waals surface area contributed by atoms with Crippen molar-refractivity contribution in [3.8, 4) is 17.0 Å². The Labute approximate surface area is 241 Å². The van der Waals surface area contributed by atoms with Crippen molar-refractivity contribution < 1.29 is 18.8 Å². The molecule has 0 saturated heterocycles. The van der Waals surface area contributed by atoms with Gasteiger partial charge in [-0.25, -0.2) is 4.79 Å². The van der Waals surface area contributed by atoms with Gasteiger partial charge in [-0.15, -0.1) is 0 Å².